The minimum atomic E-state index is -0.260. The first-order chi connectivity index (χ1) is 11.1. The van der Waals surface area contributed by atoms with Gasteiger partial charge in [-0.15, -0.1) is 0 Å². The second-order valence-electron chi connectivity index (χ2n) is 6.29. The lowest BCUT2D eigenvalue weighted by Crippen LogP contribution is -2.48. The molecule has 128 valence electrons. The van der Waals surface area contributed by atoms with E-state index in [4.69, 9.17) is 5.73 Å². The molecule has 0 radical (unpaired) electrons. The van der Waals surface area contributed by atoms with E-state index in [2.05, 4.69) is 22.0 Å². The lowest BCUT2D eigenvalue weighted by atomic mass is 9.95. The first-order valence-corrected chi connectivity index (χ1v) is 8.64. The van der Waals surface area contributed by atoms with E-state index in [0.29, 0.717) is 6.54 Å². The fraction of sp³-hybridized carbons (Fsp3) is 0.611. The minimum absolute atomic E-state index is 0.0357. The van der Waals surface area contributed by atoms with Crippen LogP contribution >= 0.6 is 0 Å². The maximum absolute atomic E-state index is 12.3. The lowest BCUT2D eigenvalue weighted by molar-refractivity contribution is -0.125. The molecule has 2 unspecified atom stereocenters. The Morgan fingerprint density at radius 3 is 2.39 bits per heavy atom. The highest BCUT2D eigenvalue weighted by Crippen LogP contribution is 2.18. The zero-order valence-electron chi connectivity index (χ0n) is 14.4. The quantitative estimate of drug-likeness (QED) is 0.790. The third-order valence-electron chi connectivity index (χ3n) is 4.78. The Morgan fingerprint density at radius 2 is 1.78 bits per heavy atom. The van der Waals surface area contributed by atoms with Crippen molar-refractivity contribution in [2.24, 2.45) is 11.7 Å². The highest BCUT2D eigenvalue weighted by atomic mass is 16.1. The van der Waals surface area contributed by atoms with Crippen molar-refractivity contribution in [2.75, 3.05) is 45.8 Å². The average molecular weight is 318 g/mol. The van der Waals surface area contributed by atoms with Gasteiger partial charge in [0.15, 0.2) is 0 Å². The van der Waals surface area contributed by atoms with Crippen molar-refractivity contribution in [3.05, 3.63) is 35.9 Å². The zero-order valence-corrected chi connectivity index (χ0v) is 14.4. The maximum Gasteiger partial charge on any atom is 0.224 e. The minimum Gasteiger partial charge on any atom is -0.355 e. The van der Waals surface area contributed by atoms with Gasteiger partial charge in [-0.1, -0.05) is 44.2 Å². The molecule has 5 heteroatoms. The molecule has 1 heterocycles. The Morgan fingerprint density at radius 1 is 1.17 bits per heavy atom. The first-order valence-electron chi connectivity index (χ1n) is 8.64. The van der Waals surface area contributed by atoms with Gasteiger partial charge in [0.25, 0.3) is 0 Å². The number of likely N-dealkylation sites (N-methyl/N-ethyl adjacent to an activating group) is 1. The molecule has 2 rings (SSSR count). The van der Waals surface area contributed by atoms with Crippen LogP contribution < -0.4 is 11.1 Å². The van der Waals surface area contributed by atoms with Crippen molar-refractivity contribution in [1.82, 2.24) is 15.1 Å². The monoisotopic (exact) mass is 318 g/mol. The number of hydrogen-bond donors (Lipinski definition) is 2. The van der Waals surface area contributed by atoms with Crippen molar-refractivity contribution >= 4 is 5.91 Å². The molecule has 2 atom stereocenters. The molecule has 3 N–H and O–H groups in total. The number of hydrogen-bond acceptors (Lipinski definition) is 4. The van der Waals surface area contributed by atoms with Crippen LogP contribution in [-0.4, -0.2) is 61.5 Å². The maximum atomic E-state index is 12.3. The van der Waals surface area contributed by atoms with E-state index in [-0.39, 0.29) is 17.9 Å². The van der Waals surface area contributed by atoms with Crippen LogP contribution in [0.15, 0.2) is 30.3 Å². The summed E-state index contributed by atoms with van der Waals surface area (Å²) in [5.41, 5.74) is 7.21. The fourth-order valence-corrected chi connectivity index (χ4v) is 2.95. The summed E-state index contributed by atoms with van der Waals surface area (Å²) >= 11 is 0. The largest absolute Gasteiger partial charge is 0.355 e. The smallest absolute Gasteiger partial charge is 0.224 e. The van der Waals surface area contributed by atoms with Crippen LogP contribution in [0.1, 0.15) is 25.5 Å². The highest BCUT2D eigenvalue weighted by Gasteiger charge is 2.22. The number of carbonyl (C=O) groups is 1. The van der Waals surface area contributed by atoms with Gasteiger partial charge >= 0.3 is 0 Å². The Labute approximate surface area is 139 Å². The Balaban J connectivity index is 1.70. The summed E-state index contributed by atoms with van der Waals surface area (Å²) in [6, 6.07) is 9.55. The molecule has 0 bridgehead atoms. The van der Waals surface area contributed by atoms with Crippen LogP contribution in [0.3, 0.4) is 0 Å². The van der Waals surface area contributed by atoms with Gasteiger partial charge in [-0.05, 0) is 12.1 Å². The van der Waals surface area contributed by atoms with Crippen LogP contribution in [0.2, 0.25) is 0 Å². The molecular formula is C18H30N4O. The molecule has 1 aliphatic heterocycles. The highest BCUT2D eigenvalue weighted by molar-refractivity contribution is 5.79. The van der Waals surface area contributed by atoms with E-state index in [1.807, 2.05) is 37.3 Å². The van der Waals surface area contributed by atoms with E-state index in [9.17, 15) is 4.79 Å². The molecule has 1 amide bonds. The van der Waals surface area contributed by atoms with Crippen LogP contribution in [0, 0.1) is 5.92 Å². The molecule has 1 aromatic rings. The summed E-state index contributed by atoms with van der Waals surface area (Å²) < 4.78 is 0. The molecule has 0 spiro atoms. The summed E-state index contributed by atoms with van der Waals surface area (Å²) in [6.07, 6.45) is 0. The summed E-state index contributed by atoms with van der Waals surface area (Å²) in [4.78, 5) is 17.1. The van der Waals surface area contributed by atoms with Crippen molar-refractivity contribution in [1.29, 1.82) is 0 Å². The molecule has 0 aromatic heterocycles. The van der Waals surface area contributed by atoms with Crippen LogP contribution in [0.4, 0.5) is 0 Å². The normalized spacial score (nSPS) is 19.3. The van der Waals surface area contributed by atoms with E-state index in [0.717, 1.165) is 44.8 Å². The van der Waals surface area contributed by atoms with Gasteiger partial charge in [-0.2, -0.15) is 0 Å². The topological polar surface area (TPSA) is 61.6 Å². The van der Waals surface area contributed by atoms with Crippen molar-refractivity contribution in [3.63, 3.8) is 0 Å². The molecule has 1 fully saturated rings. The van der Waals surface area contributed by atoms with Crippen molar-refractivity contribution < 1.29 is 4.79 Å². The van der Waals surface area contributed by atoms with Gasteiger partial charge < -0.3 is 16.0 Å². The second kappa shape index (κ2) is 9.01. The number of nitrogens with zero attached hydrogens (tertiary/aromatic N) is 2. The molecular weight excluding hydrogens is 288 g/mol. The predicted octanol–water partition coefficient (Wildman–Crippen LogP) is 1.08. The Bertz CT molecular complexity index is 471. The fourth-order valence-electron chi connectivity index (χ4n) is 2.95. The molecule has 1 aliphatic rings. The number of rotatable bonds is 7. The Hall–Kier alpha value is -1.43. The predicted molar refractivity (Wildman–Crippen MR) is 94.1 cm³/mol. The third-order valence-corrected chi connectivity index (χ3v) is 4.78. The van der Waals surface area contributed by atoms with Crippen LogP contribution in [0.25, 0.3) is 0 Å². The number of nitrogens with two attached hydrogens (primary N) is 1. The molecule has 1 aromatic carbocycles. The van der Waals surface area contributed by atoms with Gasteiger partial charge in [-0.25, -0.2) is 0 Å². The van der Waals surface area contributed by atoms with Gasteiger partial charge in [-0.3, -0.25) is 9.69 Å². The van der Waals surface area contributed by atoms with Gasteiger partial charge in [0.05, 0.1) is 5.92 Å². The summed E-state index contributed by atoms with van der Waals surface area (Å²) in [7, 11) is 0. The number of nitrogens with one attached hydrogen (secondary N) is 1. The second-order valence-corrected chi connectivity index (χ2v) is 6.29. The number of carbonyl (C=O) groups excluding carboxylic acids is 1. The number of benzene rings is 1. The van der Waals surface area contributed by atoms with E-state index in [1.165, 1.54) is 0 Å². The van der Waals surface area contributed by atoms with E-state index < -0.39 is 0 Å². The molecule has 5 nitrogen and oxygen atoms in total. The molecule has 1 saturated heterocycles. The lowest BCUT2D eigenvalue weighted by Gasteiger charge is -2.34. The van der Waals surface area contributed by atoms with Gasteiger partial charge in [0, 0.05) is 45.3 Å². The number of piperazine rings is 1. The van der Waals surface area contributed by atoms with Crippen LogP contribution in [0.5, 0.6) is 0 Å². The molecule has 23 heavy (non-hydrogen) atoms. The van der Waals surface area contributed by atoms with Gasteiger partial charge in [0.1, 0.15) is 0 Å². The SMILES string of the molecule is CCN1CCN(CCNC(=O)C(C)C(N)c2ccccc2)CC1. The number of amides is 1. The zero-order chi connectivity index (χ0) is 16.7. The van der Waals surface area contributed by atoms with E-state index >= 15 is 0 Å². The summed E-state index contributed by atoms with van der Waals surface area (Å²) in [5.74, 6) is -0.192. The van der Waals surface area contributed by atoms with Gasteiger partial charge in [0.2, 0.25) is 5.91 Å². The molecule has 0 saturated carbocycles. The summed E-state index contributed by atoms with van der Waals surface area (Å²) in [5, 5.41) is 3.03. The molecule has 0 aliphatic carbocycles. The third kappa shape index (κ3) is 5.30. The standard InChI is InChI=1S/C18H30N4O/c1-3-21-11-13-22(14-12-21)10-9-20-18(23)15(2)17(19)16-7-5-4-6-8-16/h4-8,15,17H,3,9-14,19H2,1-2H3,(H,20,23). The van der Waals surface area contributed by atoms with Crippen molar-refractivity contribution in [2.45, 2.75) is 19.9 Å². The van der Waals surface area contributed by atoms with E-state index in [1.54, 1.807) is 0 Å². The first kappa shape index (κ1) is 17.9. The summed E-state index contributed by atoms with van der Waals surface area (Å²) in [6.45, 7) is 11.2. The average Bonchev–Trinajstić information content (AvgIpc) is 2.61. The van der Waals surface area contributed by atoms with Crippen molar-refractivity contribution in [3.8, 4) is 0 Å². The van der Waals surface area contributed by atoms with Crippen LogP contribution in [-0.2, 0) is 4.79 Å². The Kier molecular flexibility index (Phi) is 7.02.